The lowest BCUT2D eigenvalue weighted by Gasteiger charge is -2.34. The molecule has 2 fully saturated rings. The van der Waals surface area contributed by atoms with Gasteiger partial charge in [0.15, 0.2) is 0 Å². The predicted molar refractivity (Wildman–Crippen MR) is 110 cm³/mol. The number of likely N-dealkylation sites (N-methyl/N-ethyl adjacent to an activating group) is 1. The minimum Gasteiger partial charge on any atom is -0.496 e. The fourth-order valence-corrected chi connectivity index (χ4v) is 4.91. The van der Waals surface area contributed by atoms with E-state index in [0.717, 1.165) is 30.0 Å². The van der Waals surface area contributed by atoms with E-state index in [2.05, 4.69) is 22.4 Å². The predicted octanol–water partition coefficient (Wildman–Crippen LogP) is 3.61. The fraction of sp³-hybridized carbons (Fsp3) is 0.545. The summed E-state index contributed by atoms with van der Waals surface area (Å²) in [5.74, 6) is 0.774. The number of hydrogen-bond donors (Lipinski definition) is 2. The zero-order valence-electron chi connectivity index (χ0n) is 16.8. The van der Waals surface area contributed by atoms with Crippen LogP contribution in [0.3, 0.4) is 0 Å². The Bertz CT molecular complexity index is 825. The average Bonchev–Trinajstić information content (AvgIpc) is 3.37. The number of benzene rings is 1. The van der Waals surface area contributed by atoms with Gasteiger partial charge in [-0.25, -0.2) is 0 Å². The number of amides is 1. The highest BCUT2D eigenvalue weighted by molar-refractivity contribution is 5.93. The van der Waals surface area contributed by atoms with Crippen molar-refractivity contribution in [3.05, 3.63) is 36.0 Å². The maximum Gasteiger partial charge on any atom is 0.272 e. The third kappa shape index (κ3) is 3.53. The Kier molecular flexibility index (Phi) is 5.40. The van der Waals surface area contributed by atoms with Gasteiger partial charge in [-0.05, 0) is 44.4 Å². The molecule has 2 aliphatic rings. The molecule has 6 nitrogen and oxygen atoms in total. The molecule has 1 aromatic carbocycles. The number of nitrogens with one attached hydrogen (secondary N) is 2. The van der Waals surface area contributed by atoms with Gasteiger partial charge in [-0.1, -0.05) is 31.4 Å². The molecular weight excluding hydrogens is 352 g/mol. The number of carbonyl (C=O) groups is 1. The summed E-state index contributed by atoms with van der Waals surface area (Å²) >= 11 is 0. The first-order valence-corrected chi connectivity index (χ1v) is 10.4. The smallest absolute Gasteiger partial charge is 0.272 e. The molecule has 0 unspecified atom stereocenters. The first-order valence-electron chi connectivity index (χ1n) is 10.4. The van der Waals surface area contributed by atoms with Crippen molar-refractivity contribution in [3.8, 4) is 17.0 Å². The second kappa shape index (κ2) is 7.95. The average molecular weight is 383 g/mol. The van der Waals surface area contributed by atoms with Gasteiger partial charge in [-0.15, -0.1) is 0 Å². The Hall–Kier alpha value is -2.34. The molecule has 2 aromatic rings. The Morgan fingerprint density at radius 2 is 2.07 bits per heavy atom. The van der Waals surface area contributed by atoms with E-state index < -0.39 is 0 Å². The van der Waals surface area contributed by atoms with E-state index in [1.807, 2.05) is 35.2 Å². The number of aromatic nitrogens is 2. The van der Waals surface area contributed by atoms with Gasteiger partial charge in [-0.3, -0.25) is 9.89 Å². The van der Waals surface area contributed by atoms with Crippen molar-refractivity contribution in [1.29, 1.82) is 0 Å². The quantitative estimate of drug-likeness (QED) is 0.829. The van der Waals surface area contributed by atoms with Gasteiger partial charge in [0.25, 0.3) is 5.91 Å². The Balaban J connectivity index is 1.51. The van der Waals surface area contributed by atoms with Crippen LogP contribution in [0.25, 0.3) is 11.3 Å². The molecule has 2 heterocycles. The molecule has 28 heavy (non-hydrogen) atoms. The Morgan fingerprint density at radius 3 is 2.82 bits per heavy atom. The molecule has 150 valence electrons. The van der Waals surface area contributed by atoms with Crippen LogP contribution < -0.4 is 10.1 Å². The van der Waals surface area contributed by atoms with Crippen LogP contribution in [-0.4, -0.2) is 52.8 Å². The van der Waals surface area contributed by atoms with Gasteiger partial charge in [-0.2, -0.15) is 5.10 Å². The summed E-state index contributed by atoms with van der Waals surface area (Å²) in [7, 11) is 1.64. The lowest BCUT2D eigenvalue weighted by molar-refractivity contribution is 0.0688. The van der Waals surface area contributed by atoms with Crippen molar-refractivity contribution in [3.63, 3.8) is 0 Å². The highest BCUT2D eigenvalue weighted by Crippen LogP contribution is 2.37. The summed E-state index contributed by atoms with van der Waals surface area (Å²) < 4.78 is 5.43. The Morgan fingerprint density at radius 1 is 1.29 bits per heavy atom. The summed E-state index contributed by atoms with van der Waals surface area (Å²) in [6, 6.07) is 9.80. The number of methoxy groups -OCH3 is 1. The van der Waals surface area contributed by atoms with Crippen LogP contribution >= 0.6 is 0 Å². The van der Waals surface area contributed by atoms with Gasteiger partial charge in [0.1, 0.15) is 11.4 Å². The second-order valence-electron chi connectivity index (χ2n) is 8.04. The zero-order valence-corrected chi connectivity index (χ0v) is 16.8. The summed E-state index contributed by atoms with van der Waals surface area (Å²) in [5.41, 5.74) is 2.39. The first-order chi connectivity index (χ1) is 13.7. The van der Waals surface area contributed by atoms with Crippen LogP contribution in [0.15, 0.2) is 30.3 Å². The van der Waals surface area contributed by atoms with Crippen LogP contribution in [0.5, 0.6) is 5.75 Å². The minimum atomic E-state index is 0.0239. The van der Waals surface area contributed by atoms with E-state index in [-0.39, 0.29) is 17.5 Å². The SMILES string of the molecule is CCN(C(=O)c1cc(-c2ccccc2OC)n[nH]1)[C@@H]1CNC2(CCCCC2)C1. The van der Waals surface area contributed by atoms with E-state index in [1.54, 1.807) is 7.11 Å². The molecule has 0 bridgehead atoms. The number of hydrogen-bond acceptors (Lipinski definition) is 4. The molecule has 0 radical (unpaired) electrons. The van der Waals surface area contributed by atoms with E-state index in [9.17, 15) is 4.79 Å². The molecule has 1 aromatic heterocycles. The van der Waals surface area contributed by atoms with Crippen molar-refractivity contribution in [2.45, 2.75) is 57.0 Å². The molecule has 1 spiro atoms. The number of carbonyl (C=O) groups excluding carboxylic acids is 1. The topological polar surface area (TPSA) is 70.2 Å². The highest BCUT2D eigenvalue weighted by Gasteiger charge is 2.42. The maximum atomic E-state index is 13.2. The third-order valence-electron chi connectivity index (χ3n) is 6.38. The summed E-state index contributed by atoms with van der Waals surface area (Å²) in [5, 5.41) is 11.1. The summed E-state index contributed by atoms with van der Waals surface area (Å²) in [4.78, 5) is 15.2. The molecule has 2 N–H and O–H groups in total. The molecule has 4 rings (SSSR count). The molecule has 1 atom stereocenters. The van der Waals surface area contributed by atoms with Crippen molar-refractivity contribution >= 4 is 5.91 Å². The molecule has 1 aliphatic carbocycles. The van der Waals surface area contributed by atoms with E-state index in [0.29, 0.717) is 12.2 Å². The fourth-order valence-electron chi connectivity index (χ4n) is 4.91. The lowest BCUT2D eigenvalue weighted by Crippen LogP contribution is -2.42. The largest absolute Gasteiger partial charge is 0.496 e. The molecule has 1 saturated carbocycles. The van der Waals surface area contributed by atoms with E-state index >= 15 is 0 Å². The number of aromatic amines is 1. The lowest BCUT2D eigenvalue weighted by atomic mass is 9.80. The number of H-pyrrole nitrogens is 1. The number of nitrogens with zero attached hydrogens (tertiary/aromatic N) is 2. The highest BCUT2D eigenvalue weighted by atomic mass is 16.5. The van der Waals surface area contributed by atoms with Gasteiger partial charge in [0.2, 0.25) is 0 Å². The number of para-hydroxylation sites is 1. The van der Waals surface area contributed by atoms with Gasteiger partial charge < -0.3 is 15.0 Å². The van der Waals surface area contributed by atoms with Crippen LogP contribution in [-0.2, 0) is 0 Å². The molecule has 1 saturated heterocycles. The van der Waals surface area contributed by atoms with Crippen molar-refractivity contribution in [1.82, 2.24) is 20.4 Å². The monoisotopic (exact) mass is 382 g/mol. The number of ether oxygens (including phenoxy) is 1. The van der Waals surface area contributed by atoms with Crippen LogP contribution in [0.4, 0.5) is 0 Å². The molecule has 1 amide bonds. The normalized spacial score (nSPS) is 21.0. The first kappa shape index (κ1) is 19.0. The van der Waals surface area contributed by atoms with Crippen LogP contribution in [0, 0.1) is 0 Å². The van der Waals surface area contributed by atoms with E-state index in [1.165, 1.54) is 32.1 Å². The molecule has 6 heteroatoms. The maximum absolute atomic E-state index is 13.2. The molecule has 1 aliphatic heterocycles. The van der Waals surface area contributed by atoms with Crippen molar-refractivity contribution in [2.75, 3.05) is 20.2 Å². The van der Waals surface area contributed by atoms with Gasteiger partial charge in [0, 0.05) is 30.2 Å². The van der Waals surface area contributed by atoms with Gasteiger partial charge in [0.05, 0.1) is 12.8 Å². The zero-order chi connectivity index (χ0) is 19.6. The standard InChI is InChI=1S/C22H30N4O2/c1-3-26(16-14-22(23-15-16)11-7-4-8-12-22)21(27)19-13-18(24-25-19)17-9-5-6-10-20(17)28-2/h5-6,9-10,13,16,23H,3-4,7-8,11-12,14-15H2,1-2H3,(H,24,25)/t16-/m0/s1. The van der Waals surface area contributed by atoms with Crippen molar-refractivity contribution in [2.24, 2.45) is 0 Å². The number of rotatable bonds is 5. The molecular formula is C22H30N4O2. The van der Waals surface area contributed by atoms with Crippen molar-refractivity contribution < 1.29 is 9.53 Å². The summed E-state index contributed by atoms with van der Waals surface area (Å²) in [6.45, 7) is 3.64. The Labute approximate surface area is 166 Å². The summed E-state index contributed by atoms with van der Waals surface area (Å²) in [6.07, 6.45) is 7.45. The van der Waals surface area contributed by atoms with Crippen LogP contribution in [0.2, 0.25) is 0 Å². The third-order valence-corrected chi connectivity index (χ3v) is 6.38. The van der Waals surface area contributed by atoms with Crippen LogP contribution in [0.1, 0.15) is 55.9 Å². The minimum absolute atomic E-state index is 0.0239. The second-order valence-corrected chi connectivity index (χ2v) is 8.04. The van der Waals surface area contributed by atoms with Gasteiger partial charge >= 0.3 is 0 Å². The van der Waals surface area contributed by atoms with E-state index in [4.69, 9.17) is 4.74 Å².